The first-order chi connectivity index (χ1) is 9.28. The predicted octanol–water partition coefficient (Wildman–Crippen LogP) is 1.81. The molecule has 0 aliphatic rings. The molecule has 0 bridgehead atoms. The lowest BCUT2D eigenvalue weighted by Crippen LogP contribution is -2.28. The third-order valence-electron chi connectivity index (χ3n) is 2.42. The first-order valence-electron chi connectivity index (χ1n) is 5.72. The molecule has 0 saturated carbocycles. The van der Waals surface area contributed by atoms with Gasteiger partial charge in [0, 0.05) is 18.9 Å². The minimum Gasteiger partial charge on any atom is -0.497 e. The Morgan fingerprint density at radius 3 is 2.68 bits per heavy atom. The maximum atomic E-state index is 11.6. The highest BCUT2D eigenvalue weighted by Gasteiger charge is 2.02. The molecule has 0 atom stereocenters. The lowest BCUT2D eigenvalue weighted by Gasteiger charge is -2.07. The quantitative estimate of drug-likeness (QED) is 0.876. The summed E-state index contributed by atoms with van der Waals surface area (Å²) in [7, 11) is 1.61. The number of nitrogens with one attached hydrogen (secondary N) is 2. The van der Waals surface area contributed by atoms with Crippen LogP contribution in [-0.2, 0) is 6.54 Å². The van der Waals surface area contributed by atoms with E-state index in [9.17, 15) is 4.79 Å². The van der Waals surface area contributed by atoms with Crippen molar-refractivity contribution in [1.29, 1.82) is 0 Å². The van der Waals surface area contributed by atoms with E-state index in [1.165, 1.54) is 12.4 Å². The Balaban J connectivity index is 1.83. The van der Waals surface area contributed by atoms with Crippen molar-refractivity contribution < 1.29 is 9.53 Å². The van der Waals surface area contributed by atoms with E-state index in [1.807, 2.05) is 24.3 Å². The van der Waals surface area contributed by atoms with Crippen molar-refractivity contribution in [1.82, 2.24) is 15.3 Å². The zero-order chi connectivity index (χ0) is 13.5. The van der Waals surface area contributed by atoms with Gasteiger partial charge in [-0.3, -0.25) is 10.3 Å². The molecule has 0 radical (unpaired) electrons. The van der Waals surface area contributed by atoms with Gasteiger partial charge < -0.3 is 10.1 Å². The first kappa shape index (κ1) is 12.8. The number of carbonyl (C=O) groups excluding carboxylic acids is 1. The monoisotopic (exact) mass is 258 g/mol. The van der Waals surface area contributed by atoms with E-state index in [1.54, 1.807) is 13.3 Å². The number of hydrogen-bond acceptors (Lipinski definition) is 4. The number of methoxy groups -OCH3 is 1. The summed E-state index contributed by atoms with van der Waals surface area (Å²) in [5.41, 5.74) is 0.982. The second-order valence-corrected chi connectivity index (χ2v) is 3.75. The van der Waals surface area contributed by atoms with E-state index < -0.39 is 0 Å². The minimum absolute atomic E-state index is 0.323. The van der Waals surface area contributed by atoms with Crippen LogP contribution in [-0.4, -0.2) is 23.1 Å². The molecule has 2 N–H and O–H groups in total. The van der Waals surface area contributed by atoms with Crippen molar-refractivity contribution >= 4 is 11.8 Å². The zero-order valence-electron chi connectivity index (χ0n) is 10.5. The number of nitrogens with zero attached hydrogens (tertiary/aromatic N) is 2. The Morgan fingerprint density at radius 2 is 2.05 bits per heavy atom. The molecule has 2 aromatic rings. The van der Waals surface area contributed by atoms with Gasteiger partial charge in [0.1, 0.15) is 5.75 Å². The van der Waals surface area contributed by atoms with Crippen molar-refractivity contribution in [3.8, 4) is 5.75 Å². The molecular weight excluding hydrogens is 244 g/mol. The van der Waals surface area contributed by atoms with Gasteiger partial charge in [0.25, 0.3) is 0 Å². The number of urea groups is 1. The van der Waals surface area contributed by atoms with Gasteiger partial charge in [0.15, 0.2) is 5.82 Å². The molecule has 98 valence electrons. The highest BCUT2D eigenvalue weighted by Crippen LogP contribution is 2.10. The Labute approximate surface area is 110 Å². The van der Waals surface area contributed by atoms with Crippen LogP contribution in [0.1, 0.15) is 5.56 Å². The van der Waals surface area contributed by atoms with Crippen LogP contribution >= 0.6 is 0 Å². The Morgan fingerprint density at radius 1 is 1.26 bits per heavy atom. The van der Waals surface area contributed by atoms with Gasteiger partial charge in [-0.05, 0) is 17.7 Å². The number of anilines is 1. The van der Waals surface area contributed by atoms with Gasteiger partial charge in [0.05, 0.1) is 13.3 Å². The molecule has 0 spiro atoms. The van der Waals surface area contributed by atoms with Crippen molar-refractivity contribution in [3.05, 3.63) is 48.4 Å². The van der Waals surface area contributed by atoms with Crippen molar-refractivity contribution in [2.45, 2.75) is 6.54 Å². The van der Waals surface area contributed by atoms with E-state index in [4.69, 9.17) is 4.74 Å². The van der Waals surface area contributed by atoms with Crippen LogP contribution in [0.2, 0.25) is 0 Å². The number of carbonyl (C=O) groups is 1. The van der Waals surface area contributed by atoms with Crippen LogP contribution < -0.4 is 15.4 Å². The number of hydrogen-bond donors (Lipinski definition) is 2. The van der Waals surface area contributed by atoms with Crippen molar-refractivity contribution in [2.75, 3.05) is 12.4 Å². The summed E-state index contributed by atoms with van der Waals surface area (Å²) in [6, 6.07) is 7.15. The zero-order valence-corrected chi connectivity index (χ0v) is 10.5. The molecule has 2 rings (SSSR count). The molecule has 1 aromatic carbocycles. The van der Waals surface area contributed by atoms with Crippen molar-refractivity contribution in [3.63, 3.8) is 0 Å². The van der Waals surface area contributed by atoms with Gasteiger partial charge in [0.2, 0.25) is 0 Å². The maximum Gasteiger partial charge on any atom is 0.320 e. The number of aromatic nitrogens is 2. The average Bonchev–Trinajstić information content (AvgIpc) is 2.47. The van der Waals surface area contributed by atoms with E-state index >= 15 is 0 Å². The molecule has 0 saturated heterocycles. The molecule has 1 aromatic heterocycles. The maximum absolute atomic E-state index is 11.6. The fraction of sp³-hybridized carbons (Fsp3) is 0.154. The summed E-state index contributed by atoms with van der Waals surface area (Å²) in [6.45, 7) is 0.427. The minimum atomic E-state index is -0.323. The fourth-order valence-electron chi connectivity index (χ4n) is 1.45. The molecule has 0 unspecified atom stereocenters. The molecule has 6 heteroatoms. The number of ether oxygens (including phenoxy) is 1. The molecule has 1 heterocycles. The predicted molar refractivity (Wildman–Crippen MR) is 70.9 cm³/mol. The molecule has 0 fully saturated rings. The Hall–Kier alpha value is -2.63. The summed E-state index contributed by atoms with van der Waals surface area (Å²) in [5, 5.41) is 5.31. The summed E-state index contributed by atoms with van der Waals surface area (Å²) in [4.78, 5) is 19.4. The van der Waals surface area contributed by atoms with Crippen LogP contribution in [0.5, 0.6) is 5.75 Å². The van der Waals surface area contributed by atoms with Crippen LogP contribution in [0.25, 0.3) is 0 Å². The standard InChI is InChI=1S/C13H14N4O2/c1-19-11-4-2-10(3-5-11)8-16-13(18)17-12-9-14-6-7-15-12/h2-7,9H,8H2,1H3,(H2,15,16,17,18). The normalized spacial score (nSPS) is 9.74. The molecule has 2 amide bonds. The van der Waals surface area contributed by atoms with E-state index in [-0.39, 0.29) is 6.03 Å². The largest absolute Gasteiger partial charge is 0.497 e. The molecule has 0 aliphatic heterocycles. The van der Waals surface area contributed by atoms with Crippen LogP contribution in [0, 0.1) is 0 Å². The SMILES string of the molecule is COc1ccc(CNC(=O)Nc2cnccn2)cc1. The number of benzene rings is 1. The van der Waals surface area contributed by atoms with Gasteiger partial charge in [-0.2, -0.15) is 0 Å². The highest BCUT2D eigenvalue weighted by molar-refractivity contribution is 5.87. The smallest absolute Gasteiger partial charge is 0.320 e. The summed E-state index contributed by atoms with van der Waals surface area (Å²) in [6.07, 6.45) is 4.53. The summed E-state index contributed by atoms with van der Waals surface area (Å²) >= 11 is 0. The number of rotatable bonds is 4. The second kappa shape index (κ2) is 6.34. The summed E-state index contributed by atoms with van der Waals surface area (Å²) in [5.74, 6) is 1.20. The molecule has 6 nitrogen and oxygen atoms in total. The topological polar surface area (TPSA) is 76.1 Å². The lowest BCUT2D eigenvalue weighted by molar-refractivity contribution is 0.251. The summed E-state index contributed by atoms with van der Waals surface area (Å²) < 4.78 is 5.06. The lowest BCUT2D eigenvalue weighted by atomic mass is 10.2. The van der Waals surface area contributed by atoms with Crippen LogP contribution in [0.15, 0.2) is 42.9 Å². The number of amides is 2. The van der Waals surface area contributed by atoms with Gasteiger partial charge in [-0.25, -0.2) is 9.78 Å². The van der Waals surface area contributed by atoms with Gasteiger partial charge >= 0.3 is 6.03 Å². The van der Waals surface area contributed by atoms with E-state index in [0.717, 1.165) is 11.3 Å². The molecule has 19 heavy (non-hydrogen) atoms. The average molecular weight is 258 g/mol. The van der Waals surface area contributed by atoms with Crippen molar-refractivity contribution in [2.24, 2.45) is 0 Å². The molecular formula is C13H14N4O2. The van der Waals surface area contributed by atoms with Gasteiger partial charge in [-0.1, -0.05) is 12.1 Å². The second-order valence-electron chi connectivity index (χ2n) is 3.75. The highest BCUT2D eigenvalue weighted by atomic mass is 16.5. The Kier molecular flexibility index (Phi) is 4.28. The third kappa shape index (κ3) is 3.95. The fourth-order valence-corrected chi connectivity index (χ4v) is 1.45. The molecule has 0 aliphatic carbocycles. The van der Waals surface area contributed by atoms with Crippen LogP contribution in [0.3, 0.4) is 0 Å². The first-order valence-corrected chi connectivity index (χ1v) is 5.72. The third-order valence-corrected chi connectivity index (χ3v) is 2.42. The van der Waals surface area contributed by atoms with E-state index in [2.05, 4.69) is 20.6 Å². The Bertz CT molecular complexity index is 528. The van der Waals surface area contributed by atoms with Crippen LogP contribution in [0.4, 0.5) is 10.6 Å². The van der Waals surface area contributed by atoms with Gasteiger partial charge in [-0.15, -0.1) is 0 Å². The van der Waals surface area contributed by atoms with E-state index in [0.29, 0.717) is 12.4 Å².